The molecule has 5 N–H and O–H groups in total. The fraction of sp³-hybridized carbons (Fsp3) is 0.482. The number of hydrogen-bond donors (Lipinski definition) is 5. The first kappa shape index (κ1) is 59.4. The molecule has 0 radical (unpaired) electrons. The summed E-state index contributed by atoms with van der Waals surface area (Å²) in [6.45, 7) is 17.3. The zero-order valence-corrected chi connectivity index (χ0v) is 48.1. The van der Waals surface area contributed by atoms with Gasteiger partial charge in [-0.1, -0.05) is 68.8 Å². The number of aryl methyl sites for hydroxylation is 2. The summed E-state index contributed by atoms with van der Waals surface area (Å²) in [6, 6.07) is 16.5. The second-order valence-corrected chi connectivity index (χ2v) is 25.0. The molecule has 19 nitrogen and oxygen atoms in total. The van der Waals surface area contributed by atoms with E-state index in [9.17, 15) is 32.7 Å². The van der Waals surface area contributed by atoms with Crippen molar-refractivity contribution in [3.05, 3.63) is 99.8 Å². The summed E-state index contributed by atoms with van der Waals surface area (Å²) in [4.78, 5) is 71.6. The van der Waals surface area contributed by atoms with Crippen molar-refractivity contribution >= 4 is 79.5 Å². The van der Waals surface area contributed by atoms with E-state index in [0.29, 0.717) is 30.2 Å². The monoisotopic (exact) mass is 1130 g/mol. The third-order valence-electron chi connectivity index (χ3n) is 13.6. The maximum atomic E-state index is 14.1. The van der Waals surface area contributed by atoms with Crippen LogP contribution in [0.4, 0.5) is 23.1 Å². The summed E-state index contributed by atoms with van der Waals surface area (Å²) in [5.74, 6) is -0.391. The molecule has 2 aliphatic rings. The number of piperidine rings is 1. The number of aliphatic hydroxyl groups excluding tert-OH is 1. The van der Waals surface area contributed by atoms with Crippen LogP contribution in [0.3, 0.4) is 0 Å². The number of aromatic nitrogens is 3. The molecule has 78 heavy (non-hydrogen) atoms. The number of amides is 4. The number of hydrogen-bond acceptors (Lipinski definition) is 16. The summed E-state index contributed by atoms with van der Waals surface area (Å²) < 4.78 is 43.8. The van der Waals surface area contributed by atoms with Crippen molar-refractivity contribution in [1.82, 2.24) is 35.4 Å². The fourth-order valence-corrected chi connectivity index (χ4v) is 11.5. The van der Waals surface area contributed by atoms with Crippen LogP contribution in [0.2, 0.25) is 5.02 Å². The van der Waals surface area contributed by atoms with Crippen molar-refractivity contribution in [2.75, 3.05) is 56.7 Å². The zero-order chi connectivity index (χ0) is 56.5. The Morgan fingerprint density at radius 2 is 1.60 bits per heavy atom. The van der Waals surface area contributed by atoms with Gasteiger partial charge in [0.2, 0.25) is 29.6 Å². The molecule has 2 aromatic heterocycles. The predicted octanol–water partition coefficient (Wildman–Crippen LogP) is 7.88. The summed E-state index contributed by atoms with van der Waals surface area (Å²) in [7, 11) is -3.61. The lowest BCUT2D eigenvalue weighted by Gasteiger charge is -2.35. The Bertz CT molecular complexity index is 3030. The van der Waals surface area contributed by atoms with Crippen LogP contribution < -0.4 is 26.0 Å². The summed E-state index contributed by atoms with van der Waals surface area (Å²) >= 11 is 8.08. The predicted molar refractivity (Wildman–Crippen MR) is 301 cm³/mol. The van der Waals surface area contributed by atoms with E-state index in [4.69, 9.17) is 25.8 Å². The lowest BCUT2D eigenvalue weighted by molar-refractivity contribution is -0.144. The summed E-state index contributed by atoms with van der Waals surface area (Å²) in [6.07, 6.45) is 1.88. The van der Waals surface area contributed by atoms with Crippen LogP contribution in [0.25, 0.3) is 10.4 Å². The molecule has 0 bridgehead atoms. The minimum Gasteiger partial charge on any atom is -0.489 e. The molecule has 22 heteroatoms. The molecule has 4 amide bonds. The van der Waals surface area contributed by atoms with Gasteiger partial charge in [-0.05, 0) is 112 Å². The number of nitrogens with zero attached hydrogens (tertiary/aromatic N) is 5. The van der Waals surface area contributed by atoms with Gasteiger partial charge in [0.25, 0.3) is 0 Å². The quantitative estimate of drug-likeness (QED) is 0.0414. The van der Waals surface area contributed by atoms with Crippen molar-refractivity contribution in [3.63, 3.8) is 0 Å². The highest BCUT2D eigenvalue weighted by Crippen LogP contribution is 2.39. The number of para-hydroxylation sites is 1. The minimum absolute atomic E-state index is 0.0254. The molecule has 0 spiro atoms. The number of carbonyl (C=O) groups is 4. The van der Waals surface area contributed by atoms with E-state index in [1.54, 1.807) is 59.9 Å². The second-order valence-electron chi connectivity index (χ2n) is 21.3. The van der Waals surface area contributed by atoms with Crippen LogP contribution in [0, 0.1) is 19.3 Å². The average Bonchev–Trinajstić information content (AvgIpc) is 4.02. The van der Waals surface area contributed by atoms with E-state index in [2.05, 4.69) is 36.2 Å². The third-order valence-corrected chi connectivity index (χ3v) is 17.1. The molecule has 0 aliphatic carbocycles. The molecule has 0 unspecified atom stereocenters. The van der Waals surface area contributed by atoms with Crippen molar-refractivity contribution < 1.29 is 46.9 Å². The van der Waals surface area contributed by atoms with E-state index >= 15 is 0 Å². The van der Waals surface area contributed by atoms with E-state index in [-0.39, 0.29) is 85.6 Å². The van der Waals surface area contributed by atoms with Gasteiger partial charge < -0.3 is 50.4 Å². The first-order valence-corrected chi connectivity index (χ1v) is 29.0. The van der Waals surface area contributed by atoms with Crippen LogP contribution in [0.15, 0.2) is 77.3 Å². The van der Waals surface area contributed by atoms with Crippen LogP contribution in [0.5, 0.6) is 5.75 Å². The molecular weight excluding hydrogens is 1060 g/mol. The Balaban J connectivity index is 0.853. The topological polar surface area (TPSA) is 244 Å². The number of thiazole rings is 1. The number of aliphatic hydroxyl groups is 1. The van der Waals surface area contributed by atoms with Crippen molar-refractivity contribution in [2.24, 2.45) is 5.41 Å². The Kier molecular flexibility index (Phi) is 19.9. The van der Waals surface area contributed by atoms with Gasteiger partial charge in [-0.15, -0.1) is 11.3 Å². The van der Waals surface area contributed by atoms with Crippen molar-refractivity contribution in [1.29, 1.82) is 0 Å². The molecule has 2 saturated heterocycles. The number of carbonyl (C=O) groups excluding carboxylic acids is 4. The lowest BCUT2D eigenvalue weighted by Crippen LogP contribution is -2.58. The number of anilines is 4. The van der Waals surface area contributed by atoms with E-state index in [0.717, 1.165) is 45.7 Å². The highest BCUT2D eigenvalue weighted by molar-refractivity contribution is 7.92. The van der Waals surface area contributed by atoms with E-state index in [1.165, 1.54) is 11.1 Å². The Morgan fingerprint density at radius 3 is 2.26 bits per heavy atom. The molecule has 5 aromatic rings. The van der Waals surface area contributed by atoms with E-state index in [1.807, 2.05) is 84.9 Å². The van der Waals surface area contributed by atoms with Gasteiger partial charge in [0, 0.05) is 32.6 Å². The molecule has 0 saturated carbocycles. The molecular formula is C56H72ClN9O10S2. The number of likely N-dealkylation sites (tertiary alicyclic amines) is 2. The van der Waals surface area contributed by atoms with Crippen LogP contribution >= 0.6 is 22.9 Å². The Labute approximate surface area is 466 Å². The van der Waals surface area contributed by atoms with Gasteiger partial charge in [-0.2, -0.15) is 4.98 Å². The summed E-state index contributed by atoms with van der Waals surface area (Å²) in [5, 5.41) is 22.3. The second kappa shape index (κ2) is 26.2. The third kappa shape index (κ3) is 15.1. The van der Waals surface area contributed by atoms with Gasteiger partial charge in [0.1, 0.15) is 36.1 Å². The van der Waals surface area contributed by atoms with Crippen LogP contribution in [-0.4, -0.2) is 138 Å². The molecule has 3 aromatic carbocycles. The standard InChI is InChI=1S/C56H72ClN9O10S2/c1-33(2)76-46-26-41(35(5)24-44(46)62-55-59-28-42(57)52(64-55)61-43-12-10-11-13-47(43)78(72,73)34(3)4)38-18-20-65(21-19-38)49(69)31-75-23-22-74-30-48(68)63-51(56(7,8)9)54(71)66-29-40(67)25-45(66)53(70)58-27-37-14-16-39(17-15-37)50-36(6)60-32-77-50/h10-17,24,26,28,32-34,38,40,45,51,67H,18-23,25,27,29-31H2,1-9H3,(H,58,70)(H,63,68)(H2,59,61,62,64)/t40-,45+,51-/m1/s1. The molecule has 7 rings (SSSR count). The number of ether oxygens (including phenoxy) is 3. The normalized spacial score (nSPS) is 16.6. The highest BCUT2D eigenvalue weighted by atomic mass is 35.5. The number of sulfone groups is 1. The van der Waals surface area contributed by atoms with E-state index < -0.39 is 56.4 Å². The van der Waals surface area contributed by atoms with Crippen LogP contribution in [0.1, 0.15) is 96.0 Å². The SMILES string of the molecule is Cc1cc(Nc2ncc(Cl)c(Nc3ccccc3S(=O)(=O)C(C)C)n2)c(OC(C)C)cc1C1CCN(C(=O)COCCOCC(=O)N[C@H](C(=O)N2C[C@H](O)C[C@H]2C(=O)NCc2ccc(-c3scnc3C)cc2)C(C)(C)C)CC1. The number of rotatable bonds is 22. The molecule has 2 fully saturated rings. The molecule has 2 aliphatic heterocycles. The van der Waals surface area contributed by atoms with Crippen molar-refractivity contribution in [2.45, 2.75) is 128 Å². The lowest BCUT2D eigenvalue weighted by atomic mass is 9.85. The maximum absolute atomic E-state index is 14.1. The summed E-state index contributed by atoms with van der Waals surface area (Å²) in [5.41, 5.74) is 6.99. The molecule has 420 valence electrons. The highest BCUT2D eigenvalue weighted by Gasteiger charge is 2.44. The number of benzene rings is 3. The smallest absolute Gasteiger partial charge is 0.248 e. The van der Waals surface area contributed by atoms with Crippen LogP contribution in [-0.2, 0) is 45.0 Å². The fourth-order valence-electron chi connectivity index (χ4n) is 9.38. The van der Waals surface area contributed by atoms with Crippen molar-refractivity contribution in [3.8, 4) is 16.2 Å². The number of halogens is 1. The first-order valence-electron chi connectivity index (χ1n) is 26.2. The Morgan fingerprint density at radius 1 is 0.910 bits per heavy atom. The molecule has 3 atom stereocenters. The largest absolute Gasteiger partial charge is 0.489 e. The van der Waals surface area contributed by atoms with Gasteiger partial charge in [-0.25, -0.2) is 18.4 Å². The number of nitrogens with one attached hydrogen (secondary N) is 4. The van der Waals surface area contributed by atoms with Gasteiger partial charge in [0.05, 0.1) is 69.2 Å². The average molecular weight is 1130 g/mol. The minimum atomic E-state index is -3.61. The zero-order valence-electron chi connectivity index (χ0n) is 45.7. The van der Waals surface area contributed by atoms with Gasteiger partial charge in [0.15, 0.2) is 15.7 Å². The van der Waals surface area contributed by atoms with Gasteiger partial charge in [-0.3, -0.25) is 19.2 Å². The van der Waals surface area contributed by atoms with Gasteiger partial charge >= 0.3 is 0 Å². The molecule has 4 heterocycles. The maximum Gasteiger partial charge on any atom is 0.248 e. The first-order chi connectivity index (χ1) is 37.0. The number of β-amino-alcohol motifs (C(OH)–C–C–N with tert-alkyl or cyclic N) is 1. The Hall–Kier alpha value is -6.23.